The highest BCUT2D eigenvalue weighted by molar-refractivity contribution is 5.98. The first-order chi connectivity index (χ1) is 27.4. The highest BCUT2D eigenvalue weighted by Gasteiger charge is 2.41. The number of fused-ring (bicyclic) bond motifs is 7. The van der Waals surface area contributed by atoms with Crippen LogP contribution in [0.25, 0.3) is 49.6 Å². The van der Waals surface area contributed by atoms with E-state index in [1.807, 2.05) is 0 Å². The van der Waals surface area contributed by atoms with Crippen LogP contribution in [0.15, 0.2) is 198 Å². The Morgan fingerprint density at radius 3 is 1.96 bits per heavy atom. The van der Waals surface area contributed by atoms with Gasteiger partial charge in [-0.05, 0) is 105 Å². The third-order valence-corrected chi connectivity index (χ3v) is 12.0. The minimum Gasteiger partial charge on any atom is -0.456 e. The molecule has 56 heavy (non-hydrogen) atoms. The first-order valence-electron chi connectivity index (χ1n) is 19.7. The maximum atomic E-state index is 7.03. The van der Waals surface area contributed by atoms with E-state index in [4.69, 9.17) is 4.42 Å². The fourth-order valence-electron chi connectivity index (χ4n) is 9.01. The number of hydrogen-bond donors (Lipinski definition) is 0. The van der Waals surface area contributed by atoms with E-state index in [9.17, 15) is 0 Å². The summed E-state index contributed by atoms with van der Waals surface area (Å²) in [6.07, 6.45) is 9.88. The lowest BCUT2D eigenvalue weighted by atomic mass is 9.79. The number of furan rings is 1. The molecule has 0 N–H and O–H groups in total. The first-order valence-corrected chi connectivity index (χ1v) is 19.7. The topological polar surface area (TPSA) is 16.4 Å². The average Bonchev–Trinajstić information content (AvgIpc) is 3.72. The summed E-state index contributed by atoms with van der Waals surface area (Å²) in [7, 11) is 0. The summed E-state index contributed by atoms with van der Waals surface area (Å²) in [5.74, 6) is 1.15. The van der Waals surface area contributed by atoms with E-state index in [1.54, 1.807) is 0 Å². The second kappa shape index (κ2) is 13.6. The number of benzene rings is 7. The summed E-state index contributed by atoms with van der Waals surface area (Å²) in [6, 6.07) is 59.4. The Kier molecular flexibility index (Phi) is 8.22. The molecule has 8 aromatic rings. The van der Waals surface area contributed by atoms with Crippen molar-refractivity contribution in [2.75, 3.05) is 4.90 Å². The van der Waals surface area contributed by atoms with Gasteiger partial charge in [-0.1, -0.05) is 160 Å². The minimum atomic E-state index is -0.241. The second-order valence-corrected chi connectivity index (χ2v) is 15.7. The van der Waals surface area contributed by atoms with Crippen molar-refractivity contribution in [3.05, 3.63) is 216 Å². The van der Waals surface area contributed by atoms with Crippen LogP contribution in [0.3, 0.4) is 0 Å². The molecule has 0 saturated carbocycles. The highest BCUT2D eigenvalue weighted by atomic mass is 16.3. The molecular formula is C54H43NO. The van der Waals surface area contributed by atoms with Gasteiger partial charge in [0, 0.05) is 44.9 Å². The fourth-order valence-corrected chi connectivity index (χ4v) is 9.01. The quantitative estimate of drug-likeness (QED) is 0.176. The average molecular weight is 722 g/mol. The van der Waals surface area contributed by atoms with E-state index in [-0.39, 0.29) is 11.3 Å². The molecule has 2 heteroatoms. The zero-order chi connectivity index (χ0) is 37.8. The van der Waals surface area contributed by atoms with Gasteiger partial charge < -0.3 is 9.32 Å². The van der Waals surface area contributed by atoms with Crippen molar-refractivity contribution in [1.82, 2.24) is 0 Å². The van der Waals surface area contributed by atoms with Crippen LogP contribution in [-0.4, -0.2) is 0 Å². The number of rotatable bonds is 5. The molecule has 0 fully saturated rings. The van der Waals surface area contributed by atoms with E-state index >= 15 is 0 Å². The molecule has 0 saturated heterocycles. The number of anilines is 3. The molecule has 270 valence electrons. The second-order valence-electron chi connectivity index (χ2n) is 15.7. The molecule has 0 aliphatic heterocycles. The normalized spacial score (nSPS) is 16.9. The summed E-state index contributed by atoms with van der Waals surface area (Å²) >= 11 is 0. The van der Waals surface area contributed by atoms with Crippen LogP contribution >= 0.6 is 0 Å². The summed E-state index contributed by atoms with van der Waals surface area (Å²) in [4.78, 5) is 2.41. The molecule has 0 spiro atoms. The van der Waals surface area contributed by atoms with E-state index < -0.39 is 0 Å². The SMILES string of the molecule is C[C@@H]1/C=C\C=C/CC2=C(c3ccc(N(c4ccc(-c5ccccc5)cc4)c4ccc5ccccc5c4)cc3C2(C)C)c2oc3ccc(-c4ccccc4)cc3c21. The van der Waals surface area contributed by atoms with Gasteiger partial charge in [-0.25, -0.2) is 0 Å². The van der Waals surface area contributed by atoms with E-state index in [0.29, 0.717) is 0 Å². The van der Waals surface area contributed by atoms with Crippen LogP contribution in [0.5, 0.6) is 0 Å². The largest absolute Gasteiger partial charge is 0.456 e. The molecule has 0 radical (unpaired) electrons. The molecule has 0 amide bonds. The summed E-state index contributed by atoms with van der Waals surface area (Å²) < 4.78 is 7.03. The molecule has 1 atom stereocenters. The third kappa shape index (κ3) is 5.72. The molecule has 7 aromatic carbocycles. The minimum absolute atomic E-state index is 0.155. The van der Waals surface area contributed by atoms with Gasteiger partial charge in [-0.15, -0.1) is 0 Å². The smallest absolute Gasteiger partial charge is 0.139 e. The Morgan fingerprint density at radius 1 is 0.571 bits per heavy atom. The molecule has 0 unspecified atom stereocenters. The number of allylic oxidation sites excluding steroid dienone is 5. The van der Waals surface area contributed by atoms with E-state index in [0.717, 1.165) is 34.8 Å². The lowest BCUT2D eigenvalue weighted by Crippen LogP contribution is -2.18. The van der Waals surface area contributed by atoms with Gasteiger partial charge in [-0.3, -0.25) is 0 Å². The predicted molar refractivity (Wildman–Crippen MR) is 236 cm³/mol. The fraction of sp³-hybridized carbons (Fsp3) is 0.111. The lowest BCUT2D eigenvalue weighted by molar-refractivity contribution is 0.588. The van der Waals surface area contributed by atoms with Gasteiger partial charge in [0.1, 0.15) is 11.3 Å². The van der Waals surface area contributed by atoms with Crippen LogP contribution in [0.2, 0.25) is 0 Å². The number of hydrogen-bond acceptors (Lipinski definition) is 2. The van der Waals surface area contributed by atoms with Crippen molar-refractivity contribution in [2.45, 2.75) is 38.5 Å². The predicted octanol–water partition coefficient (Wildman–Crippen LogP) is 15.1. The van der Waals surface area contributed by atoms with E-state index in [2.05, 4.69) is 214 Å². The third-order valence-electron chi connectivity index (χ3n) is 12.0. The Morgan fingerprint density at radius 2 is 1.20 bits per heavy atom. The van der Waals surface area contributed by atoms with Crippen molar-refractivity contribution >= 4 is 44.4 Å². The molecule has 2 aliphatic carbocycles. The van der Waals surface area contributed by atoms with Gasteiger partial charge in [0.25, 0.3) is 0 Å². The monoisotopic (exact) mass is 721 g/mol. The maximum Gasteiger partial charge on any atom is 0.139 e. The molecule has 2 aliphatic rings. The van der Waals surface area contributed by atoms with Crippen molar-refractivity contribution < 1.29 is 4.42 Å². The van der Waals surface area contributed by atoms with Gasteiger partial charge in [0.05, 0.1) is 0 Å². The van der Waals surface area contributed by atoms with Crippen molar-refractivity contribution in [1.29, 1.82) is 0 Å². The Labute approximate surface area is 329 Å². The summed E-state index contributed by atoms with van der Waals surface area (Å²) in [5.41, 5.74) is 15.3. The Hall–Kier alpha value is -6.64. The van der Waals surface area contributed by atoms with Crippen molar-refractivity contribution in [2.24, 2.45) is 0 Å². The van der Waals surface area contributed by atoms with Crippen molar-refractivity contribution in [3.8, 4) is 22.3 Å². The molecule has 1 heterocycles. The zero-order valence-electron chi connectivity index (χ0n) is 32.0. The standard InChI is InChI=1S/C54H43NO/c1-36-15-7-4-12-22-48-52(53-51(36)47-34-42(26-32-50(47)56-53)38-18-10-6-11-19-38)46-31-30-45(35-49(46)54(48,2)3)55(44-29-25-39-20-13-14-21-41(39)33-44)43-27-23-40(24-28-43)37-16-8-5-9-17-37/h4-21,23-36H,22H2,1-3H3/b12-4-,15-7-/t36-/m1/s1. The van der Waals surface area contributed by atoms with Crippen molar-refractivity contribution in [3.63, 3.8) is 0 Å². The van der Waals surface area contributed by atoms with E-state index in [1.165, 1.54) is 66.2 Å². The Bertz CT molecular complexity index is 2850. The first kappa shape index (κ1) is 33.9. The molecule has 10 rings (SSSR count). The Balaban J connectivity index is 1.14. The number of nitrogens with zero attached hydrogens (tertiary/aromatic N) is 1. The summed E-state index contributed by atoms with van der Waals surface area (Å²) in [5, 5.41) is 3.63. The molecular weight excluding hydrogens is 679 g/mol. The van der Waals surface area contributed by atoms with Crippen LogP contribution in [0.4, 0.5) is 17.1 Å². The molecule has 1 aromatic heterocycles. The van der Waals surface area contributed by atoms with Crippen LogP contribution in [0.1, 0.15) is 55.6 Å². The maximum absolute atomic E-state index is 7.03. The lowest BCUT2D eigenvalue weighted by Gasteiger charge is -2.29. The van der Waals surface area contributed by atoms with Crippen LogP contribution < -0.4 is 4.90 Å². The summed E-state index contributed by atoms with van der Waals surface area (Å²) in [6.45, 7) is 7.08. The van der Waals surface area contributed by atoms with Gasteiger partial charge in [-0.2, -0.15) is 0 Å². The molecule has 0 bridgehead atoms. The van der Waals surface area contributed by atoms with Crippen LogP contribution in [-0.2, 0) is 5.41 Å². The highest BCUT2D eigenvalue weighted by Crippen LogP contribution is 2.54. The van der Waals surface area contributed by atoms with Crippen LogP contribution in [0, 0.1) is 0 Å². The van der Waals surface area contributed by atoms with Gasteiger partial charge >= 0.3 is 0 Å². The zero-order valence-corrected chi connectivity index (χ0v) is 32.0. The van der Waals surface area contributed by atoms with Gasteiger partial charge in [0.2, 0.25) is 0 Å². The molecule has 2 nitrogen and oxygen atoms in total. The van der Waals surface area contributed by atoms with Gasteiger partial charge in [0.15, 0.2) is 0 Å².